The maximum atomic E-state index is 13.0. The Bertz CT molecular complexity index is 1080. The Balaban J connectivity index is 1.38. The third-order valence-corrected chi connectivity index (χ3v) is 6.66. The minimum atomic E-state index is -0.871. The van der Waals surface area contributed by atoms with Crippen LogP contribution >= 0.6 is 0 Å². The number of rotatable bonds is 8. The summed E-state index contributed by atoms with van der Waals surface area (Å²) in [5.74, 6) is -1.64. The number of allylic oxidation sites excluding steroid dienone is 1. The number of carboxylic acid groups (broad SMARTS) is 1. The molecular weight excluding hydrogens is 444 g/mol. The Hall–Kier alpha value is -3.61. The third kappa shape index (κ3) is 5.73. The van der Waals surface area contributed by atoms with Gasteiger partial charge >= 0.3 is 12.1 Å². The monoisotopic (exact) mass is 476 g/mol. The molecule has 0 aliphatic heterocycles. The van der Waals surface area contributed by atoms with Crippen molar-refractivity contribution in [1.82, 2.24) is 10.6 Å². The first kappa shape index (κ1) is 24.5. The first-order chi connectivity index (χ1) is 16.8. The van der Waals surface area contributed by atoms with E-state index in [1.165, 1.54) is 0 Å². The molecule has 7 heteroatoms. The minimum Gasteiger partial charge on any atom is -0.481 e. The molecule has 35 heavy (non-hydrogen) atoms. The van der Waals surface area contributed by atoms with Crippen molar-refractivity contribution in [3.05, 3.63) is 71.8 Å². The summed E-state index contributed by atoms with van der Waals surface area (Å²) in [5.41, 5.74) is 4.54. The molecule has 2 aromatic rings. The number of carboxylic acids is 1. The highest BCUT2D eigenvalue weighted by atomic mass is 16.5. The molecule has 0 saturated heterocycles. The molecule has 0 heterocycles. The Kier molecular flexibility index (Phi) is 7.54. The number of alkyl carbamates (subject to hydrolysis) is 1. The van der Waals surface area contributed by atoms with E-state index in [9.17, 15) is 19.5 Å². The molecular formula is C28H32N2O5. The predicted octanol–water partition coefficient (Wildman–Crippen LogP) is 4.48. The number of hydrogen-bond acceptors (Lipinski definition) is 4. The molecule has 3 atom stereocenters. The van der Waals surface area contributed by atoms with E-state index in [0.29, 0.717) is 19.3 Å². The highest BCUT2D eigenvalue weighted by molar-refractivity contribution is 5.86. The van der Waals surface area contributed by atoms with Gasteiger partial charge in [0.15, 0.2) is 0 Å². The maximum Gasteiger partial charge on any atom is 0.407 e. The molecule has 3 unspecified atom stereocenters. The highest BCUT2D eigenvalue weighted by Gasteiger charge is 2.31. The molecule has 0 fully saturated rings. The fourth-order valence-corrected chi connectivity index (χ4v) is 4.97. The number of nitrogens with one attached hydrogen (secondary N) is 2. The van der Waals surface area contributed by atoms with Crippen LogP contribution < -0.4 is 10.6 Å². The van der Waals surface area contributed by atoms with Gasteiger partial charge in [0.05, 0.1) is 5.92 Å². The zero-order valence-electron chi connectivity index (χ0n) is 20.1. The summed E-state index contributed by atoms with van der Waals surface area (Å²) in [6.07, 6.45) is 4.18. The highest BCUT2D eigenvalue weighted by Crippen LogP contribution is 2.44. The quantitative estimate of drug-likeness (QED) is 0.488. The van der Waals surface area contributed by atoms with Crippen molar-refractivity contribution in [2.75, 3.05) is 6.61 Å². The second-order valence-corrected chi connectivity index (χ2v) is 9.70. The van der Waals surface area contributed by atoms with Crippen LogP contribution in [0.25, 0.3) is 11.1 Å². The SMILES string of the molecule is CC(C)CC(NC(=O)OCC1c2ccccc2-c2ccccc21)C(=O)NC1C=CCC(C(=O)O)C1. The first-order valence-corrected chi connectivity index (χ1v) is 12.1. The van der Waals surface area contributed by atoms with Gasteiger partial charge in [0, 0.05) is 12.0 Å². The number of aliphatic carboxylic acids is 1. The van der Waals surface area contributed by atoms with Crippen LogP contribution in [0.4, 0.5) is 4.79 Å². The van der Waals surface area contributed by atoms with E-state index < -0.39 is 24.0 Å². The van der Waals surface area contributed by atoms with Gasteiger partial charge in [0.1, 0.15) is 12.6 Å². The van der Waals surface area contributed by atoms with Gasteiger partial charge in [-0.2, -0.15) is 0 Å². The molecule has 0 radical (unpaired) electrons. The van der Waals surface area contributed by atoms with Crippen LogP contribution in [0, 0.1) is 11.8 Å². The summed E-state index contributed by atoms with van der Waals surface area (Å²) in [6, 6.07) is 15.1. The molecule has 0 spiro atoms. The van der Waals surface area contributed by atoms with Crippen LogP contribution in [0.5, 0.6) is 0 Å². The average Bonchev–Trinajstić information content (AvgIpc) is 3.16. The van der Waals surface area contributed by atoms with Crippen molar-refractivity contribution in [2.45, 2.75) is 51.1 Å². The first-order valence-electron chi connectivity index (χ1n) is 12.1. The van der Waals surface area contributed by atoms with Crippen LogP contribution in [0.3, 0.4) is 0 Å². The molecule has 184 valence electrons. The lowest BCUT2D eigenvalue weighted by Crippen LogP contribution is -2.50. The minimum absolute atomic E-state index is 0.0640. The number of benzene rings is 2. The number of carbonyl (C=O) groups excluding carboxylic acids is 2. The lowest BCUT2D eigenvalue weighted by atomic mass is 9.91. The molecule has 2 aliphatic carbocycles. The lowest BCUT2D eigenvalue weighted by molar-refractivity contribution is -0.142. The van der Waals surface area contributed by atoms with Crippen molar-refractivity contribution >= 4 is 18.0 Å². The molecule has 3 N–H and O–H groups in total. The van der Waals surface area contributed by atoms with E-state index in [1.54, 1.807) is 6.08 Å². The Morgan fingerprint density at radius 2 is 1.66 bits per heavy atom. The molecule has 7 nitrogen and oxygen atoms in total. The standard InChI is InChI=1S/C28H32N2O5/c1-17(2)14-25(26(31)29-19-9-7-8-18(15-19)27(32)33)30-28(34)35-16-24-22-12-5-3-10-20(22)21-11-4-6-13-23(21)24/h3-7,9-13,17-19,24-25H,8,14-16H2,1-2H3,(H,29,31)(H,30,34)(H,32,33). The molecule has 4 rings (SSSR count). The van der Waals surface area contributed by atoms with Gasteiger partial charge in [0.2, 0.25) is 5.91 Å². The van der Waals surface area contributed by atoms with Gasteiger partial charge in [-0.15, -0.1) is 0 Å². The molecule has 0 saturated carbocycles. The fraction of sp³-hybridized carbons (Fsp3) is 0.393. The van der Waals surface area contributed by atoms with Crippen LogP contribution in [0.15, 0.2) is 60.7 Å². The smallest absolute Gasteiger partial charge is 0.407 e. The Labute approximate surface area is 205 Å². The number of amides is 2. The average molecular weight is 477 g/mol. The normalized spacial score (nSPS) is 19.5. The Morgan fingerprint density at radius 3 is 2.26 bits per heavy atom. The van der Waals surface area contributed by atoms with Gasteiger partial charge in [-0.05, 0) is 47.4 Å². The Morgan fingerprint density at radius 1 is 1.03 bits per heavy atom. The van der Waals surface area contributed by atoms with Crippen LogP contribution in [0.1, 0.15) is 50.2 Å². The van der Waals surface area contributed by atoms with E-state index in [1.807, 2.05) is 44.2 Å². The van der Waals surface area contributed by atoms with Gasteiger partial charge in [-0.1, -0.05) is 74.5 Å². The zero-order chi connectivity index (χ0) is 24.9. The lowest BCUT2D eigenvalue weighted by Gasteiger charge is -2.26. The van der Waals surface area contributed by atoms with Gasteiger partial charge in [-0.25, -0.2) is 4.79 Å². The van der Waals surface area contributed by atoms with Gasteiger partial charge < -0.3 is 20.5 Å². The molecule has 2 aromatic carbocycles. The summed E-state index contributed by atoms with van der Waals surface area (Å²) >= 11 is 0. The van der Waals surface area contributed by atoms with Crippen molar-refractivity contribution in [1.29, 1.82) is 0 Å². The van der Waals surface area contributed by atoms with Gasteiger partial charge in [-0.3, -0.25) is 9.59 Å². The van der Waals surface area contributed by atoms with Crippen molar-refractivity contribution in [3.63, 3.8) is 0 Å². The van der Waals surface area contributed by atoms with Crippen molar-refractivity contribution < 1.29 is 24.2 Å². The summed E-state index contributed by atoms with van der Waals surface area (Å²) < 4.78 is 5.62. The topological polar surface area (TPSA) is 105 Å². The number of hydrogen-bond donors (Lipinski definition) is 3. The third-order valence-electron chi connectivity index (χ3n) is 6.66. The van der Waals surface area contributed by atoms with Crippen LogP contribution in [-0.2, 0) is 14.3 Å². The molecule has 2 amide bonds. The van der Waals surface area contributed by atoms with E-state index >= 15 is 0 Å². The second-order valence-electron chi connectivity index (χ2n) is 9.70. The van der Waals surface area contributed by atoms with E-state index in [0.717, 1.165) is 22.3 Å². The summed E-state index contributed by atoms with van der Waals surface area (Å²) in [7, 11) is 0. The largest absolute Gasteiger partial charge is 0.481 e. The van der Waals surface area contributed by atoms with Crippen LogP contribution in [-0.4, -0.2) is 41.8 Å². The van der Waals surface area contributed by atoms with Crippen LogP contribution in [0.2, 0.25) is 0 Å². The number of fused-ring (bicyclic) bond motifs is 3. The zero-order valence-corrected chi connectivity index (χ0v) is 20.1. The molecule has 0 aromatic heterocycles. The summed E-state index contributed by atoms with van der Waals surface area (Å²) in [6.45, 7) is 4.11. The van der Waals surface area contributed by atoms with Crippen molar-refractivity contribution in [2.24, 2.45) is 11.8 Å². The van der Waals surface area contributed by atoms with E-state index in [4.69, 9.17) is 4.74 Å². The second kappa shape index (κ2) is 10.8. The van der Waals surface area contributed by atoms with E-state index in [-0.39, 0.29) is 30.4 Å². The molecule has 0 bridgehead atoms. The fourth-order valence-electron chi connectivity index (χ4n) is 4.97. The van der Waals surface area contributed by atoms with Gasteiger partial charge in [0.25, 0.3) is 0 Å². The predicted molar refractivity (Wildman–Crippen MR) is 133 cm³/mol. The van der Waals surface area contributed by atoms with Crippen molar-refractivity contribution in [3.8, 4) is 11.1 Å². The van der Waals surface area contributed by atoms with E-state index in [2.05, 4.69) is 34.9 Å². The number of ether oxygens (including phenoxy) is 1. The number of carbonyl (C=O) groups is 3. The summed E-state index contributed by atoms with van der Waals surface area (Å²) in [5, 5.41) is 14.9. The maximum absolute atomic E-state index is 13.0. The molecule has 2 aliphatic rings. The summed E-state index contributed by atoms with van der Waals surface area (Å²) in [4.78, 5) is 37.1.